The molecule has 2 radical (unpaired) electrons. The van der Waals surface area contributed by atoms with Crippen LogP contribution in [-0.2, 0) is 3.07 Å². The van der Waals surface area contributed by atoms with Crippen LogP contribution in [0.25, 0.3) is 0 Å². The van der Waals surface area contributed by atoms with Gasteiger partial charge in [0, 0.05) is 0 Å². The van der Waals surface area contributed by atoms with Gasteiger partial charge in [0.15, 0.2) is 0 Å². The Morgan fingerprint density at radius 1 is 1.29 bits per heavy atom. The number of unbranched alkanes of at least 4 members (excludes halogenated alkanes) is 1. The van der Waals surface area contributed by atoms with E-state index in [-0.39, 0.29) is 17.0 Å². The average Bonchev–Trinajstić information content (AvgIpc) is 2.10. The minimum absolute atomic E-state index is 0. The summed E-state index contributed by atoms with van der Waals surface area (Å²) in [5, 5.41) is 0. The fourth-order valence-electron chi connectivity index (χ4n) is 0.948. The van der Waals surface area contributed by atoms with Gasteiger partial charge in [-0.15, -0.1) is 17.0 Å². The van der Waals surface area contributed by atoms with Gasteiger partial charge in [0.25, 0.3) is 0 Å². The molecule has 0 heterocycles. The molecule has 2 unspecified atom stereocenters. The summed E-state index contributed by atoms with van der Waals surface area (Å²) in [6.45, 7) is 6.43. The molecule has 0 aliphatic rings. The van der Waals surface area contributed by atoms with Crippen LogP contribution < -0.4 is 5.73 Å². The van der Waals surface area contributed by atoms with Crippen molar-refractivity contribution < 1.29 is 3.07 Å². The van der Waals surface area contributed by atoms with Crippen molar-refractivity contribution in [1.29, 1.82) is 0 Å². The Morgan fingerprint density at radius 2 is 1.93 bits per heavy atom. The van der Waals surface area contributed by atoms with E-state index in [0.717, 1.165) is 6.42 Å². The summed E-state index contributed by atoms with van der Waals surface area (Å²) in [4.78, 5) is 0. The molecule has 0 saturated heterocycles. The Kier molecular flexibility index (Phi) is 15.4. The molecule has 0 aliphatic heterocycles. The van der Waals surface area contributed by atoms with Gasteiger partial charge in [-0.2, -0.15) is 0 Å². The molecule has 0 bridgehead atoms. The topological polar surface area (TPSA) is 35.2 Å². The van der Waals surface area contributed by atoms with Gasteiger partial charge in [-0.25, -0.2) is 0 Å². The molecule has 2 atom stereocenters. The van der Waals surface area contributed by atoms with Crippen molar-refractivity contribution in [2.24, 2.45) is 5.73 Å². The zero-order chi connectivity index (χ0) is 10.1. The zero-order valence-electron chi connectivity index (χ0n) is 9.58. The molecule has 4 heteroatoms. The third kappa shape index (κ3) is 13.2. The van der Waals surface area contributed by atoms with Gasteiger partial charge in [-0.1, -0.05) is 0 Å². The first-order chi connectivity index (χ1) is 6.16. The van der Waals surface area contributed by atoms with Crippen LogP contribution in [0.3, 0.4) is 0 Å². The molecule has 0 saturated carbocycles. The summed E-state index contributed by atoms with van der Waals surface area (Å²) in [5.74, 6) is 0. The first-order valence-corrected chi connectivity index (χ1v) is 8.49. The van der Waals surface area contributed by atoms with E-state index in [1.54, 1.807) is 0 Å². The summed E-state index contributed by atoms with van der Waals surface area (Å²) in [6, 6.07) is 0.376. The monoisotopic (exact) mass is 373 g/mol. The summed E-state index contributed by atoms with van der Waals surface area (Å²) in [7, 11) is 0. The molecule has 0 aromatic heterocycles. The minimum atomic E-state index is -0.489. The van der Waals surface area contributed by atoms with Crippen LogP contribution in [0.15, 0.2) is 0 Å². The normalized spacial score (nSPS) is 14.6. The Morgan fingerprint density at radius 3 is 2.43 bits per heavy atom. The second-order valence-corrected chi connectivity index (χ2v) is 6.63. The van der Waals surface area contributed by atoms with E-state index in [1.807, 2.05) is 0 Å². The van der Waals surface area contributed by atoms with E-state index in [0.29, 0.717) is 12.1 Å². The van der Waals surface area contributed by atoms with Crippen LogP contribution in [0, 0.1) is 0 Å². The van der Waals surface area contributed by atoms with Crippen molar-refractivity contribution in [3.05, 3.63) is 0 Å². The number of nitrogens with two attached hydrogens (primary N) is 1. The van der Waals surface area contributed by atoms with Gasteiger partial charge in [0.1, 0.15) is 0 Å². The Hall–Kier alpha value is 1.20. The van der Waals surface area contributed by atoms with Crippen molar-refractivity contribution in [2.75, 3.05) is 0 Å². The van der Waals surface area contributed by atoms with Crippen LogP contribution in [-0.4, -0.2) is 33.7 Å². The van der Waals surface area contributed by atoms with E-state index in [9.17, 15) is 0 Å². The number of hydrogen-bond acceptors (Lipinski definition) is 2. The molecule has 86 valence electrons. The second-order valence-electron chi connectivity index (χ2n) is 3.70. The quantitative estimate of drug-likeness (QED) is 0.525. The van der Waals surface area contributed by atoms with Crippen LogP contribution in [0.4, 0.5) is 0 Å². The molecule has 0 spiro atoms. The molecule has 0 aromatic rings. The van der Waals surface area contributed by atoms with Gasteiger partial charge in [0.2, 0.25) is 0 Å². The van der Waals surface area contributed by atoms with Gasteiger partial charge >= 0.3 is 93.4 Å². The molecular weight excluding hydrogens is 349 g/mol. The molecule has 14 heavy (non-hydrogen) atoms. The molecule has 2 N–H and O–H groups in total. The molecule has 0 fully saturated rings. The molecule has 0 aromatic carbocycles. The molecule has 2 nitrogen and oxygen atoms in total. The summed E-state index contributed by atoms with van der Waals surface area (Å²) < 4.78 is 7.08. The zero-order valence-corrected chi connectivity index (χ0v) is 14.2. The Balaban J connectivity index is 0. The standard InChI is InChI=1S/C6H14N.C4H9O.BrH.Sn/c1-3-4-5-6(2)7;1-3-4(2)5;;/h6H,1,3-5,7H2,2H3;4H,3H2,1-2H3;1H;/q;-1;;+1. The summed E-state index contributed by atoms with van der Waals surface area (Å²) in [6.07, 6.45) is 5.43. The van der Waals surface area contributed by atoms with Crippen LogP contribution >= 0.6 is 17.0 Å². The fraction of sp³-hybridized carbons (Fsp3) is 1.00. The third-order valence-electron chi connectivity index (χ3n) is 2.05. The van der Waals surface area contributed by atoms with E-state index >= 15 is 0 Å². The first-order valence-electron chi connectivity index (χ1n) is 5.31. The van der Waals surface area contributed by atoms with E-state index in [2.05, 4.69) is 20.8 Å². The molecule has 0 rings (SSSR count). The van der Waals surface area contributed by atoms with Crippen molar-refractivity contribution in [3.63, 3.8) is 0 Å². The number of hydrogen-bond donors (Lipinski definition) is 1. The van der Waals surface area contributed by atoms with Gasteiger partial charge in [0.05, 0.1) is 0 Å². The van der Waals surface area contributed by atoms with Crippen LogP contribution in [0.1, 0.15) is 46.5 Å². The van der Waals surface area contributed by atoms with Gasteiger partial charge in [-0.05, 0) is 0 Å². The molecule has 0 aliphatic carbocycles. The predicted octanol–water partition coefficient (Wildman–Crippen LogP) is 2.93. The van der Waals surface area contributed by atoms with Crippen molar-refractivity contribution in [2.45, 2.75) is 63.0 Å². The number of rotatable bonds is 8. The Bertz CT molecular complexity index is 114. The summed E-state index contributed by atoms with van der Waals surface area (Å²) >= 11 is -0.489. The maximum absolute atomic E-state index is 5.74. The first kappa shape index (κ1) is 17.6. The Labute approximate surface area is 110 Å². The molecule has 0 amide bonds. The van der Waals surface area contributed by atoms with Gasteiger partial charge < -0.3 is 0 Å². The maximum atomic E-state index is 5.74. The molecular formula is C10H24BrNOSn. The second kappa shape index (κ2) is 12.3. The van der Waals surface area contributed by atoms with Crippen molar-refractivity contribution in [3.8, 4) is 0 Å². The van der Waals surface area contributed by atoms with E-state index in [1.165, 1.54) is 23.7 Å². The fourth-order valence-corrected chi connectivity index (χ4v) is 3.70. The SMILES string of the molecule is Br.CCC(C)[O][Sn][CH2]CCCC(C)N. The van der Waals surface area contributed by atoms with Crippen LogP contribution in [0.2, 0.25) is 4.44 Å². The van der Waals surface area contributed by atoms with Crippen LogP contribution in [0.5, 0.6) is 0 Å². The van der Waals surface area contributed by atoms with Crippen molar-refractivity contribution >= 4 is 38.5 Å². The third-order valence-corrected chi connectivity index (χ3v) is 5.26. The number of halogens is 1. The van der Waals surface area contributed by atoms with E-state index < -0.39 is 21.6 Å². The van der Waals surface area contributed by atoms with E-state index in [4.69, 9.17) is 8.81 Å². The summed E-state index contributed by atoms with van der Waals surface area (Å²) in [5.41, 5.74) is 5.66. The van der Waals surface area contributed by atoms with Gasteiger partial charge in [-0.3, -0.25) is 0 Å². The predicted molar refractivity (Wildman–Crippen MR) is 69.2 cm³/mol. The van der Waals surface area contributed by atoms with Crippen molar-refractivity contribution in [1.82, 2.24) is 0 Å². The average molecular weight is 373 g/mol.